The van der Waals surface area contributed by atoms with E-state index >= 15 is 0 Å². The fourth-order valence-electron chi connectivity index (χ4n) is 1.95. The predicted molar refractivity (Wildman–Crippen MR) is 67.4 cm³/mol. The number of carbonyl (C=O) groups excluding carboxylic acids is 2. The lowest BCUT2D eigenvalue weighted by Crippen LogP contribution is -2.42. The van der Waals surface area contributed by atoms with Crippen LogP contribution in [0.25, 0.3) is 0 Å². The smallest absolute Gasteiger partial charge is 0.234 e. The van der Waals surface area contributed by atoms with E-state index in [1.165, 1.54) is 0 Å². The minimum Gasteiger partial charge on any atom is -0.274 e. The highest BCUT2D eigenvalue weighted by atomic mass is 35.5. The third-order valence-corrected chi connectivity index (χ3v) is 3.09. The molecule has 1 aliphatic rings. The summed E-state index contributed by atoms with van der Waals surface area (Å²) in [6.07, 6.45) is 0.742. The fraction of sp³-hybridized carbons (Fsp3) is 0.333. The van der Waals surface area contributed by atoms with Crippen LogP contribution in [0.4, 0.5) is 5.69 Å². The molecule has 3 nitrogen and oxygen atoms in total. The summed E-state index contributed by atoms with van der Waals surface area (Å²) in [7, 11) is 0. The summed E-state index contributed by atoms with van der Waals surface area (Å²) in [4.78, 5) is 24.9. The van der Waals surface area contributed by atoms with Gasteiger partial charge >= 0.3 is 0 Å². The summed E-state index contributed by atoms with van der Waals surface area (Å²) in [6, 6.07) is 4.70. The zero-order valence-corrected chi connectivity index (χ0v) is 10.8. The molecule has 0 saturated carbocycles. The Labute approximate surface area is 109 Å². The Morgan fingerprint density at radius 1 is 1.06 bits per heavy atom. The SMILES string of the molecule is CC1CC(=O)N(c2cc(Cl)cc(Cl)c2)C(=O)C1. The average molecular weight is 272 g/mol. The molecule has 0 spiro atoms. The van der Waals surface area contributed by atoms with Gasteiger partial charge in [0.1, 0.15) is 0 Å². The third kappa shape index (κ3) is 2.61. The van der Waals surface area contributed by atoms with E-state index in [0.29, 0.717) is 28.6 Å². The summed E-state index contributed by atoms with van der Waals surface area (Å²) < 4.78 is 0. The molecule has 1 fully saturated rings. The molecule has 5 heteroatoms. The van der Waals surface area contributed by atoms with E-state index in [-0.39, 0.29) is 17.7 Å². The molecule has 90 valence electrons. The van der Waals surface area contributed by atoms with Crippen molar-refractivity contribution in [3.8, 4) is 0 Å². The first-order valence-electron chi connectivity index (χ1n) is 5.29. The van der Waals surface area contributed by atoms with E-state index in [1.54, 1.807) is 18.2 Å². The van der Waals surface area contributed by atoms with Crippen LogP contribution in [0.1, 0.15) is 19.8 Å². The van der Waals surface area contributed by atoms with Gasteiger partial charge in [0, 0.05) is 22.9 Å². The molecule has 17 heavy (non-hydrogen) atoms. The van der Waals surface area contributed by atoms with E-state index < -0.39 is 0 Å². The number of hydrogen-bond donors (Lipinski definition) is 0. The van der Waals surface area contributed by atoms with Crippen LogP contribution < -0.4 is 4.90 Å². The van der Waals surface area contributed by atoms with Crippen molar-refractivity contribution in [2.75, 3.05) is 4.90 Å². The molecular formula is C12H11Cl2NO2. The van der Waals surface area contributed by atoms with Crippen LogP contribution in [0.2, 0.25) is 10.0 Å². The summed E-state index contributed by atoms with van der Waals surface area (Å²) >= 11 is 11.7. The Morgan fingerprint density at radius 3 is 2.00 bits per heavy atom. The minimum atomic E-state index is -0.202. The van der Waals surface area contributed by atoms with Crippen molar-refractivity contribution >= 4 is 40.7 Å². The summed E-state index contributed by atoms with van der Waals surface area (Å²) in [5, 5.41) is 0.818. The number of imide groups is 1. The molecule has 0 radical (unpaired) electrons. The molecule has 0 N–H and O–H groups in total. The van der Waals surface area contributed by atoms with Crippen molar-refractivity contribution in [1.29, 1.82) is 0 Å². The number of nitrogens with zero attached hydrogens (tertiary/aromatic N) is 1. The minimum absolute atomic E-state index is 0.0981. The Kier molecular flexibility index (Phi) is 3.40. The van der Waals surface area contributed by atoms with Crippen LogP contribution in [0, 0.1) is 5.92 Å². The Morgan fingerprint density at radius 2 is 1.53 bits per heavy atom. The van der Waals surface area contributed by atoms with E-state index in [4.69, 9.17) is 23.2 Å². The number of piperidine rings is 1. The van der Waals surface area contributed by atoms with Gasteiger partial charge in [-0.1, -0.05) is 30.1 Å². The normalized spacial score (nSPS) is 17.7. The highest BCUT2D eigenvalue weighted by Crippen LogP contribution is 2.29. The summed E-state index contributed by atoms with van der Waals surface area (Å²) in [5.41, 5.74) is 0.449. The second-order valence-corrected chi connectivity index (χ2v) is 5.14. The van der Waals surface area contributed by atoms with Crippen LogP contribution in [0.5, 0.6) is 0 Å². The molecule has 2 rings (SSSR count). The van der Waals surface area contributed by atoms with Crippen molar-refractivity contribution in [2.24, 2.45) is 5.92 Å². The maximum absolute atomic E-state index is 11.9. The first-order chi connectivity index (χ1) is 7.97. The van der Waals surface area contributed by atoms with Gasteiger partial charge in [-0.25, -0.2) is 0 Å². The van der Waals surface area contributed by atoms with Crippen LogP contribution in [0.15, 0.2) is 18.2 Å². The monoisotopic (exact) mass is 271 g/mol. The third-order valence-electron chi connectivity index (χ3n) is 2.65. The van der Waals surface area contributed by atoms with Gasteiger partial charge in [-0.15, -0.1) is 0 Å². The average Bonchev–Trinajstić information content (AvgIpc) is 2.13. The van der Waals surface area contributed by atoms with Crippen LogP contribution in [-0.2, 0) is 9.59 Å². The Balaban J connectivity index is 2.38. The molecule has 0 unspecified atom stereocenters. The maximum atomic E-state index is 11.9. The highest BCUT2D eigenvalue weighted by Gasteiger charge is 2.31. The molecule has 1 heterocycles. The van der Waals surface area contributed by atoms with E-state index in [0.717, 1.165) is 4.90 Å². The molecule has 1 aromatic carbocycles. The Hall–Kier alpha value is -1.06. The predicted octanol–water partition coefficient (Wildman–Crippen LogP) is 3.28. The largest absolute Gasteiger partial charge is 0.274 e. The fourth-order valence-corrected chi connectivity index (χ4v) is 2.46. The van der Waals surface area contributed by atoms with E-state index in [1.807, 2.05) is 6.92 Å². The van der Waals surface area contributed by atoms with Crippen molar-refractivity contribution in [3.63, 3.8) is 0 Å². The lowest BCUT2D eigenvalue weighted by atomic mass is 9.97. The number of benzene rings is 1. The quantitative estimate of drug-likeness (QED) is 0.736. The maximum Gasteiger partial charge on any atom is 0.234 e. The van der Waals surface area contributed by atoms with Gasteiger partial charge in [0.15, 0.2) is 0 Å². The van der Waals surface area contributed by atoms with Gasteiger partial charge in [0.05, 0.1) is 5.69 Å². The van der Waals surface area contributed by atoms with Crippen LogP contribution >= 0.6 is 23.2 Å². The first-order valence-corrected chi connectivity index (χ1v) is 6.05. The molecule has 0 atom stereocenters. The molecular weight excluding hydrogens is 261 g/mol. The zero-order chi connectivity index (χ0) is 12.6. The standard InChI is InChI=1S/C12H11Cl2NO2/c1-7-2-11(16)15(12(17)3-7)10-5-8(13)4-9(14)6-10/h4-7H,2-3H2,1H3. The number of hydrogen-bond acceptors (Lipinski definition) is 2. The number of halogens is 2. The second-order valence-electron chi connectivity index (χ2n) is 4.26. The number of amides is 2. The molecule has 0 aromatic heterocycles. The van der Waals surface area contributed by atoms with E-state index in [9.17, 15) is 9.59 Å². The van der Waals surface area contributed by atoms with Gasteiger partial charge in [0.25, 0.3) is 0 Å². The highest BCUT2D eigenvalue weighted by molar-refractivity contribution is 6.35. The molecule has 0 bridgehead atoms. The number of carbonyl (C=O) groups is 2. The number of rotatable bonds is 1. The molecule has 1 aliphatic heterocycles. The summed E-state index contributed by atoms with van der Waals surface area (Å²) in [5.74, 6) is -0.305. The Bertz CT molecular complexity index is 449. The number of anilines is 1. The first kappa shape index (κ1) is 12.4. The van der Waals surface area contributed by atoms with Gasteiger partial charge in [-0.2, -0.15) is 0 Å². The molecule has 1 aromatic rings. The second kappa shape index (κ2) is 4.67. The van der Waals surface area contributed by atoms with Gasteiger partial charge < -0.3 is 0 Å². The molecule has 1 saturated heterocycles. The van der Waals surface area contributed by atoms with Gasteiger partial charge in [-0.05, 0) is 24.1 Å². The van der Waals surface area contributed by atoms with Crippen LogP contribution in [-0.4, -0.2) is 11.8 Å². The molecule has 2 amide bonds. The summed E-state index contributed by atoms with van der Waals surface area (Å²) in [6.45, 7) is 1.89. The van der Waals surface area contributed by atoms with Gasteiger partial charge in [0.2, 0.25) is 11.8 Å². The van der Waals surface area contributed by atoms with Gasteiger partial charge in [-0.3, -0.25) is 14.5 Å². The topological polar surface area (TPSA) is 37.4 Å². The van der Waals surface area contributed by atoms with Crippen LogP contribution in [0.3, 0.4) is 0 Å². The van der Waals surface area contributed by atoms with Crippen molar-refractivity contribution in [1.82, 2.24) is 0 Å². The van der Waals surface area contributed by atoms with Crippen molar-refractivity contribution in [2.45, 2.75) is 19.8 Å². The van der Waals surface area contributed by atoms with Crippen molar-refractivity contribution in [3.05, 3.63) is 28.2 Å². The van der Waals surface area contributed by atoms with E-state index in [2.05, 4.69) is 0 Å². The molecule has 0 aliphatic carbocycles. The zero-order valence-electron chi connectivity index (χ0n) is 9.24. The lowest BCUT2D eigenvalue weighted by Gasteiger charge is -2.28. The van der Waals surface area contributed by atoms with Crippen molar-refractivity contribution < 1.29 is 9.59 Å². The lowest BCUT2D eigenvalue weighted by molar-refractivity contribution is -0.130.